The van der Waals surface area contributed by atoms with Crippen LogP contribution in [-0.2, 0) is 0 Å². The Morgan fingerprint density at radius 2 is 2.10 bits per heavy atom. The van der Waals surface area contributed by atoms with Crippen molar-refractivity contribution in [2.24, 2.45) is 0 Å². The summed E-state index contributed by atoms with van der Waals surface area (Å²) in [4.78, 5) is 2.34. The number of nitrogens with zero attached hydrogens (tertiary/aromatic N) is 1. The number of likely N-dealkylation sites (N-methyl/N-ethyl adjacent to an activating group) is 1. The van der Waals surface area contributed by atoms with Crippen LogP contribution in [0.25, 0.3) is 0 Å². The Labute approximate surface area is 130 Å². The Kier molecular flexibility index (Phi) is 5.10. The Morgan fingerprint density at radius 1 is 1.40 bits per heavy atom. The molecular formula is C16H25BrN2O. The minimum absolute atomic E-state index is 0.199. The number of phenols is 1. The number of aromatic hydroxyl groups is 1. The van der Waals surface area contributed by atoms with E-state index in [2.05, 4.69) is 47.2 Å². The van der Waals surface area contributed by atoms with Gasteiger partial charge < -0.3 is 15.3 Å². The number of hydrogen-bond acceptors (Lipinski definition) is 3. The normalized spacial score (nSPS) is 18.9. The molecule has 1 atom stereocenters. The highest BCUT2D eigenvalue weighted by Crippen LogP contribution is 2.37. The van der Waals surface area contributed by atoms with Gasteiger partial charge in [0.25, 0.3) is 0 Å². The maximum Gasteiger partial charge on any atom is 0.120 e. The van der Waals surface area contributed by atoms with E-state index in [1.165, 1.54) is 19.3 Å². The third-order valence-corrected chi connectivity index (χ3v) is 5.18. The van der Waals surface area contributed by atoms with Crippen molar-refractivity contribution < 1.29 is 5.11 Å². The summed E-state index contributed by atoms with van der Waals surface area (Å²) in [6.45, 7) is 3.13. The van der Waals surface area contributed by atoms with Gasteiger partial charge in [-0.1, -0.05) is 22.9 Å². The summed E-state index contributed by atoms with van der Waals surface area (Å²) in [6.07, 6.45) is 4.80. The Balaban J connectivity index is 2.07. The predicted molar refractivity (Wildman–Crippen MR) is 87.1 cm³/mol. The zero-order valence-corrected chi connectivity index (χ0v) is 14.2. The van der Waals surface area contributed by atoms with Gasteiger partial charge in [0.15, 0.2) is 0 Å². The summed E-state index contributed by atoms with van der Waals surface area (Å²) in [6, 6.07) is 5.85. The molecule has 1 unspecified atom stereocenters. The monoisotopic (exact) mass is 340 g/mol. The first-order valence-corrected chi connectivity index (χ1v) is 8.17. The highest BCUT2D eigenvalue weighted by atomic mass is 79.9. The van der Waals surface area contributed by atoms with E-state index in [0.717, 1.165) is 23.0 Å². The number of phenolic OH excluding ortho intramolecular Hbond substituents is 1. The van der Waals surface area contributed by atoms with Gasteiger partial charge >= 0.3 is 0 Å². The second-order valence-electron chi connectivity index (χ2n) is 6.02. The van der Waals surface area contributed by atoms with Gasteiger partial charge in [0, 0.05) is 28.2 Å². The molecule has 0 spiro atoms. The summed E-state index contributed by atoms with van der Waals surface area (Å²) in [5.74, 6) is 0.375. The lowest BCUT2D eigenvalue weighted by Gasteiger charge is -2.48. The molecular weight excluding hydrogens is 316 g/mol. The Hall–Kier alpha value is -0.580. The fourth-order valence-electron chi connectivity index (χ4n) is 2.96. The van der Waals surface area contributed by atoms with E-state index in [1.807, 2.05) is 12.1 Å². The van der Waals surface area contributed by atoms with E-state index in [9.17, 15) is 5.11 Å². The van der Waals surface area contributed by atoms with Crippen molar-refractivity contribution in [1.82, 2.24) is 10.2 Å². The van der Waals surface area contributed by atoms with Gasteiger partial charge in [0.2, 0.25) is 0 Å². The van der Waals surface area contributed by atoms with E-state index in [1.54, 1.807) is 6.07 Å². The van der Waals surface area contributed by atoms with Crippen LogP contribution < -0.4 is 5.32 Å². The summed E-state index contributed by atoms with van der Waals surface area (Å²) >= 11 is 3.49. The lowest BCUT2D eigenvalue weighted by Crippen LogP contribution is -2.56. The van der Waals surface area contributed by atoms with Crippen LogP contribution in [-0.4, -0.2) is 36.2 Å². The van der Waals surface area contributed by atoms with Gasteiger partial charge in [-0.25, -0.2) is 0 Å². The number of benzene rings is 1. The second kappa shape index (κ2) is 6.46. The van der Waals surface area contributed by atoms with E-state index in [0.29, 0.717) is 11.3 Å². The van der Waals surface area contributed by atoms with Crippen LogP contribution in [0, 0.1) is 0 Å². The van der Waals surface area contributed by atoms with Crippen molar-refractivity contribution in [3.63, 3.8) is 0 Å². The highest BCUT2D eigenvalue weighted by molar-refractivity contribution is 9.10. The first-order valence-electron chi connectivity index (χ1n) is 7.38. The molecule has 2 rings (SSSR count). The molecule has 1 aromatic carbocycles. The SMILES string of the molecule is CCC(NCC1(N(C)C)CCC1)c1cc(Br)ccc1O. The van der Waals surface area contributed by atoms with Crippen LogP contribution >= 0.6 is 15.9 Å². The second-order valence-corrected chi connectivity index (χ2v) is 6.93. The zero-order valence-electron chi connectivity index (χ0n) is 12.6. The average Bonchev–Trinajstić information content (AvgIpc) is 2.35. The maximum atomic E-state index is 10.1. The standard InChI is InChI=1S/C16H25BrN2O/c1-4-14(13-10-12(17)6-7-15(13)20)18-11-16(19(2)3)8-5-9-16/h6-7,10,14,18,20H,4-5,8-9,11H2,1-3H3. The molecule has 0 amide bonds. The van der Waals surface area contributed by atoms with Crippen LogP contribution in [0.4, 0.5) is 0 Å². The molecule has 0 bridgehead atoms. The molecule has 0 heterocycles. The fourth-order valence-corrected chi connectivity index (χ4v) is 3.34. The predicted octanol–water partition coefficient (Wildman–Crippen LogP) is 3.68. The fraction of sp³-hybridized carbons (Fsp3) is 0.625. The lowest BCUT2D eigenvalue weighted by atomic mass is 9.75. The van der Waals surface area contributed by atoms with Gasteiger partial charge in [0.1, 0.15) is 5.75 Å². The molecule has 0 radical (unpaired) electrons. The minimum Gasteiger partial charge on any atom is -0.508 e. The molecule has 1 saturated carbocycles. The van der Waals surface area contributed by atoms with Gasteiger partial charge in [-0.05, 0) is 58.0 Å². The van der Waals surface area contributed by atoms with E-state index in [4.69, 9.17) is 0 Å². The topological polar surface area (TPSA) is 35.5 Å². The molecule has 4 heteroatoms. The molecule has 1 aliphatic carbocycles. The van der Waals surface area contributed by atoms with E-state index >= 15 is 0 Å². The summed E-state index contributed by atoms with van der Waals surface area (Å²) < 4.78 is 1.01. The smallest absolute Gasteiger partial charge is 0.120 e. The number of rotatable bonds is 6. The highest BCUT2D eigenvalue weighted by Gasteiger charge is 2.39. The first kappa shape index (κ1) is 15.8. The van der Waals surface area contributed by atoms with Crippen LogP contribution in [0.15, 0.2) is 22.7 Å². The van der Waals surface area contributed by atoms with Crippen LogP contribution in [0.5, 0.6) is 5.75 Å². The van der Waals surface area contributed by atoms with Gasteiger partial charge in [-0.3, -0.25) is 0 Å². The van der Waals surface area contributed by atoms with Crippen molar-refractivity contribution in [2.45, 2.75) is 44.2 Å². The molecule has 0 aliphatic heterocycles. The minimum atomic E-state index is 0.199. The average molecular weight is 341 g/mol. The summed E-state index contributed by atoms with van der Waals surface area (Å²) in [5.41, 5.74) is 1.28. The van der Waals surface area contributed by atoms with Crippen molar-refractivity contribution in [2.75, 3.05) is 20.6 Å². The van der Waals surface area contributed by atoms with Crippen LogP contribution in [0.3, 0.4) is 0 Å². The van der Waals surface area contributed by atoms with Crippen molar-refractivity contribution in [3.05, 3.63) is 28.2 Å². The largest absolute Gasteiger partial charge is 0.508 e. The number of hydrogen-bond donors (Lipinski definition) is 2. The van der Waals surface area contributed by atoms with Crippen LogP contribution in [0.1, 0.15) is 44.2 Å². The zero-order chi connectivity index (χ0) is 14.8. The first-order chi connectivity index (χ1) is 9.48. The number of nitrogens with one attached hydrogen (secondary N) is 1. The molecule has 20 heavy (non-hydrogen) atoms. The van der Waals surface area contributed by atoms with Crippen molar-refractivity contribution in [1.29, 1.82) is 0 Å². The molecule has 1 fully saturated rings. The van der Waals surface area contributed by atoms with Crippen LogP contribution in [0.2, 0.25) is 0 Å². The molecule has 1 aliphatic rings. The maximum absolute atomic E-state index is 10.1. The molecule has 1 aromatic rings. The summed E-state index contributed by atoms with van der Waals surface area (Å²) in [7, 11) is 4.33. The molecule has 0 saturated heterocycles. The van der Waals surface area contributed by atoms with E-state index in [-0.39, 0.29) is 6.04 Å². The number of halogens is 1. The van der Waals surface area contributed by atoms with Crippen molar-refractivity contribution >= 4 is 15.9 Å². The molecule has 0 aromatic heterocycles. The molecule has 112 valence electrons. The Morgan fingerprint density at radius 3 is 2.60 bits per heavy atom. The third kappa shape index (κ3) is 3.18. The quantitative estimate of drug-likeness (QED) is 0.829. The molecule has 2 N–H and O–H groups in total. The van der Waals surface area contributed by atoms with Gasteiger partial charge in [-0.2, -0.15) is 0 Å². The van der Waals surface area contributed by atoms with Crippen molar-refractivity contribution in [3.8, 4) is 5.75 Å². The lowest BCUT2D eigenvalue weighted by molar-refractivity contribution is 0.0568. The third-order valence-electron chi connectivity index (χ3n) is 4.68. The van der Waals surface area contributed by atoms with E-state index < -0.39 is 0 Å². The summed E-state index contributed by atoms with van der Waals surface area (Å²) in [5, 5.41) is 13.7. The molecule has 3 nitrogen and oxygen atoms in total. The van der Waals surface area contributed by atoms with Gasteiger partial charge in [0.05, 0.1) is 0 Å². The van der Waals surface area contributed by atoms with Gasteiger partial charge in [-0.15, -0.1) is 0 Å². The Bertz CT molecular complexity index is 458.